The van der Waals surface area contributed by atoms with Crippen molar-refractivity contribution in [3.63, 3.8) is 0 Å². The van der Waals surface area contributed by atoms with Crippen molar-refractivity contribution in [3.05, 3.63) is 35.1 Å². The zero-order chi connectivity index (χ0) is 15.7. The predicted octanol–water partition coefficient (Wildman–Crippen LogP) is 4.32. The van der Waals surface area contributed by atoms with Crippen LogP contribution in [0.2, 0.25) is 0 Å². The van der Waals surface area contributed by atoms with Gasteiger partial charge in [-0.05, 0) is 42.4 Å². The van der Waals surface area contributed by atoms with Gasteiger partial charge in [0.05, 0.1) is 11.6 Å². The molecular weight excluding hydrogens is 284 g/mol. The standard InChI is InChI=1S/C15H20F4N2/c1-2-14(7-3-4-8-14)13(21-20)10-5-6-12(16)11(9-10)15(17,18)19/h5-6,9,13,21H,2-4,7-8,20H2,1H3. The summed E-state index contributed by atoms with van der Waals surface area (Å²) in [6.45, 7) is 2.02. The normalized spacial score (nSPS) is 19.7. The van der Waals surface area contributed by atoms with Crippen molar-refractivity contribution in [1.29, 1.82) is 0 Å². The molecule has 0 heterocycles. The molecule has 1 unspecified atom stereocenters. The summed E-state index contributed by atoms with van der Waals surface area (Å²) in [4.78, 5) is 0. The molecule has 0 amide bonds. The Morgan fingerprint density at radius 1 is 1.29 bits per heavy atom. The molecule has 1 aliphatic carbocycles. The number of rotatable bonds is 4. The second kappa shape index (κ2) is 5.93. The summed E-state index contributed by atoms with van der Waals surface area (Å²) in [6, 6.07) is 2.76. The maximum atomic E-state index is 13.4. The first kappa shape index (κ1) is 16.2. The van der Waals surface area contributed by atoms with Gasteiger partial charge >= 0.3 is 6.18 Å². The van der Waals surface area contributed by atoms with Gasteiger partial charge in [-0.2, -0.15) is 13.2 Å². The minimum atomic E-state index is -4.70. The molecule has 1 aromatic rings. The fourth-order valence-corrected chi connectivity index (χ4v) is 3.49. The van der Waals surface area contributed by atoms with E-state index in [0.29, 0.717) is 5.56 Å². The van der Waals surface area contributed by atoms with Crippen LogP contribution in [0.15, 0.2) is 18.2 Å². The average molecular weight is 304 g/mol. The van der Waals surface area contributed by atoms with Gasteiger partial charge in [-0.1, -0.05) is 25.8 Å². The molecule has 0 aromatic heterocycles. The molecule has 0 aliphatic heterocycles. The third kappa shape index (κ3) is 3.06. The molecule has 2 rings (SSSR count). The minimum Gasteiger partial charge on any atom is -0.271 e. The number of hydrazine groups is 1. The van der Waals surface area contributed by atoms with E-state index in [-0.39, 0.29) is 5.41 Å². The molecule has 0 bridgehead atoms. The highest BCUT2D eigenvalue weighted by atomic mass is 19.4. The lowest BCUT2D eigenvalue weighted by Crippen LogP contribution is -2.40. The highest BCUT2D eigenvalue weighted by Crippen LogP contribution is 2.50. The highest BCUT2D eigenvalue weighted by molar-refractivity contribution is 5.31. The molecule has 1 atom stereocenters. The number of nitrogens with one attached hydrogen (secondary N) is 1. The first-order valence-electron chi connectivity index (χ1n) is 7.17. The molecular formula is C15H20F4N2. The van der Waals surface area contributed by atoms with E-state index in [4.69, 9.17) is 5.84 Å². The molecule has 3 N–H and O–H groups in total. The second-order valence-corrected chi connectivity index (χ2v) is 5.76. The van der Waals surface area contributed by atoms with E-state index in [9.17, 15) is 17.6 Å². The SMILES string of the molecule is CCC1(C(NN)c2ccc(F)c(C(F)(F)F)c2)CCCC1. The molecule has 0 spiro atoms. The smallest absolute Gasteiger partial charge is 0.271 e. The molecule has 0 radical (unpaired) electrons. The van der Waals surface area contributed by atoms with Crippen LogP contribution in [-0.2, 0) is 6.18 Å². The zero-order valence-corrected chi connectivity index (χ0v) is 11.9. The molecule has 1 aromatic carbocycles. The number of halogens is 4. The van der Waals surface area contributed by atoms with Gasteiger partial charge in [0.2, 0.25) is 0 Å². The molecule has 1 saturated carbocycles. The van der Waals surface area contributed by atoms with Crippen molar-refractivity contribution in [2.75, 3.05) is 0 Å². The zero-order valence-electron chi connectivity index (χ0n) is 11.9. The summed E-state index contributed by atoms with van der Waals surface area (Å²) in [5.74, 6) is 4.37. The Morgan fingerprint density at radius 2 is 1.90 bits per heavy atom. The van der Waals surface area contributed by atoms with Gasteiger partial charge in [0.25, 0.3) is 0 Å². The van der Waals surface area contributed by atoms with Crippen LogP contribution >= 0.6 is 0 Å². The van der Waals surface area contributed by atoms with E-state index < -0.39 is 23.6 Å². The van der Waals surface area contributed by atoms with Crippen molar-refractivity contribution < 1.29 is 17.6 Å². The number of hydrogen-bond acceptors (Lipinski definition) is 2. The number of hydrogen-bond donors (Lipinski definition) is 2. The lowest BCUT2D eigenvalue weighted by atomic mass is 9.73. The highest BCUT2D eigenvalue weighted by Gasteiger charge is 2.41. The van der Waals surface area contributed by atoms with Crippen LogP contribution in [0.4, 0.5) is 17.6 Å². The van der Waals surface area contributed by atoms with Gasteiger partial charge in [-0.15, -0.1) is 0 Å². The van der Waals surface area contributed by atoms with E-state index in [1.807, 2.05) is 6.92 Å². The maximum absolute atomic E-state index is 13.4. The van der Waals surface area contributed by atoms with Gasteiger partial charge in [-0.3, -0.25) is 11.3 Å². The summed E-state index contributed by atoms with van der Waals surface area (Å²) in [5, 5.41) is 0. The first-order valence-corrected chi connectivity index (χ1v) is 7.17. The third-order valence-electron chi connectivity index (χ3n) is 4.71. The first-order chi connectivity index (χ1) is 9.84. The quantitative estimate of drug-likeness (QED) is 0.494. The fourth-order valence-electron chi connectivity index (χ4n) is 3.49. The summed E-state index contributed by atoms with van der Waals surface area (Å²) in [5.41, 5.74) is 1.67. The summed E-state index contributed by atoms with van der Waals surface area (Å²) in [7, 11) is 0. The van der Waals surface area contributed by atoms with Crippen molar-refractivity contribution >= 4 is 0 Å². The van der Waals surface area contributed by atoms with Crippen LogP contribution in [0.3, 0.4) is 0 Å². The van der Waals surface area contributed by atoms with Crippen molar-refractivity contribution in [3.8, 4) is 0 Å². The van der Waals surface area contributed by atoms with E-state index in [0.717, 1.165) is 44.2 Å². The average Bonchev–Trinajstić information content (AvgIpc) is 2.90. The van der Waals surface area contributed by atoms with Crippen LogP contribution in [0.5, 0.6) is 0 Å². The number of alkyl halides is 3. The molecule has 2 nitrogen and oxygen atoms in total. The summed E-state index contributed by atoms with van der Waals surface area (Å²) < 4.78 is 52.0. The van der Waals surface area contributed by atoms with Gasteiger partial charge in [0.1, 0.15) is 5.82 Å². The van der Waals surface area contributed by atoms with Crippen LogP contribution in [0.1, 0.15) is 56.2 Å². The predicted molar refractivity (Wildman–Crippen MR) is 72.7 cm³/mol. The fraction of sp³-hybridized carbons (Fsp3) is 0.600. The lowest BCUT2D eigenvalue weighted by Gasteiger charge is -2.37. The van der Waals surface area contributed by atoms with Gasteiger partial charge in [0, 0.05) is 0 Å². The molecule has 21 heavy (non-hydrogen) atoms. The molecule has 6 heteroatoms. The van der Waals surface area contributed by atoms with E-state index in [2.05, 4.69) is 5.43 Å². The van der Waals surface area contributed by atoms with E-state index in [1.165, 1.54) is 6.07 Å². The number of nitrogens with two attached hydrogens (primary N) is 1. The number of benzene rings is 1. The van der Waals surface area contributed by atoms with Gasteiger partial charge in [-0.25, -0.2) is 4.39 Å². The third-order valence-corrected chi connectivity index (χ3v) is 4.71. The Hall–Kier alpha value is -1.14. The van der Waals surface area contributed by atoms with Crippen molar-refractivity contribution in [2.45, 2.75) is 51.2 Å². The Labute approximate surface area is 121 Å². The second-order valence-electron chi connectivity index (χ2n) is 5.76. The van der Waals surface area contributed by atoms with Crippen molar-refractivity contribution in [1.82, 2.24) is 5.43 Å². The topological polar surface area (TPSA) is 38.0 Å². The summed E-state index contributed by atoms with van der Waals surface area (Å²) >= 11 is 0. The Balaban J connectivity index is 2.43. The summed E-state index contributed by atoms with van der Waals surface area (Å²) in [6.07, 6.45) is 0.0295. The van der Waals surface area contributed by atoms with Crippen LogP contribution in [-0.4, -0.2) is 0 Å². The maximum Gasteiger partial charge on any atom is 0.419 e. The van der Waals surface area contributed by atoms with Crippen LogP contribution in [0.25, 0.3) is 0 Å². The Morgan fingerprint density at radius 3 is 2.38 bits per heavy atom. The largest absolute Gasteiger partial charge is 0.419 e. The molecule has 118 valence electrons. The lowest BCUT2D eigenvalue weighted by molar-refractivity contribution is -0.140. The van der Waals surface area contributed by atoms with Crippen molar-refractivity contribution in [2.24, 2.45) is 11.3 Å². The van der Waals surface area contributed by atoms with E-state index >= 15 is 0 Å². The van der Waals surface area contributed by atoms with Crippen LogP contribution < -0.4 is 11.3 Å². The van der Waals surface area contributed by atoms with E-state index in [1.54, 1.807) is 0 Å². The minimum absolute atomic E-state index is 0.157. The van der Waals surface area contributed by atoms with Gasteiger partial charge in [0.15, 0.2) is 0 Å². The Kier molecular flexibility index (Phi) is 4.58. The van der Waals surface area contributed by atoms with Gasteiger partial charge < -0.3 is 0 Å². The Bertz CT molecular complexity index is 493. The molecule has 1 fully saturated rings. The molecule has 1 aliphatic rings. The van der Waals surface area contributed by atoms with Crippen LogP contribution in [0, 0.1) is 11.2 Å². The monoisotopic (exact) mass is 304 g/mol. The molecule has 0 saturated heterocycles.